The largest absolute Gasteiger partial charge is 0.383 e. The summed E-state index contributed by atoms with van der Waals surface area (Å²) in [5.41, 5.74) is 9.11. The second-order valence-corrected chi connectivity index (χ2v) is 4.77. The molecular formula is C17H15N3O. The summed E-state index contributed by atoms with van der Waals surface area (Å²) in [6.07, 6.45) is 0.770. The van der Waals surface area contributed by atoms with Gasteiger partial charge in [0, 0.05) is 5.56 Å². The summed E-state index contributed by atoms with van der Waals surface area (Å²) in [6.45, 7) is 0.542. The van der Waals surface area contributed by atoms with Crippen molar-refractivity contribution in [1.82, 2.24) is 9.78 Å². The lowest BCUT2D eigenvalue weighted by molar-refractivity contribution is 0.112. The first-order valence-electron chi connectivity index (χ1n) is 6.70. The van der Waals surface area contributed by atoms with Crippen LogP contribution in [0, 0.1) is 0 Å². The molecule has 21 heavy (non-hydrogen) atoms. The van der Waals surface area contributed by atoms with E-state index in [1.54, 1.807) is 4.68 Å². The SMILES string of the molecule is Nc1c(C=O)c(-c2ccccc2)nn1Cc1ccccc1. The Morgan fingerprint density at radius 3 is 2.24 bits per heavy atom. The number of carbonyl (C=O) groups is 1. The monoisotopic (exact) mass is 277 g/mol. The van der Waals surface area contributed by atoms with Gasteiger partial charge in [-0.2, -0.15) is 5.10 Å². The topological polar surface area (TPSA) is 60.9 Å². The van der Waals surface area contributed by atoms with Crippen LogP contribution in [0.5, 0.6) is 0 Å². The fraction of sp³-hybridized carbons (Fsp3) is 0.0588. The van der Waals surface area contributed by atoms with Crippen molar-refractivity contribution >= 4 is 12.1 Å². The van der Waals surface area contributed by atoms with E-state index >= 15 is 0 Å². The minimum atomic E-state index is 0.396. The van der Waals surface area contributed by atoms with Gasteiger partial charge in [0.1, 0.15) is 11.5 Å². The van der Waals surface area contributed by atoms with Crippen molar-refractivity contribution < 1.29 is 4.79 Å². The van der Waals surface area contributed by atoms with Crippen molar-refractivity contribution in [3.8, 4) is 11.3 Å². The summed E-state index contributed by atoms with van der Waals surface area (Å²) in [6, 6.07) is 19.5. The molecule has 4 nitrogen and oxygen atoms in total. The van der Waals surface area contributed by atoms with Crippen LogP contribution in [0.25, 0.3) is 11.3 Å². The zero-order chi connectivity index (χ0) is 14.7. The summed E-state index contributed by atoms with van der Waals surface area (Å²) < 4.78 is 1.67. The van der Waals surface area contributed by atoms with Gasteiger partial charge in [-0.05, 0) is 5.56 Å². The van der Waals surface area contributed by atoms with Crippen molar-refractivity contribution in [2.45, 2.75) is 6.54 Å². The summed E-state index contributed by atoms with van der Waals surface area (Å²) in [5.74, 6) is 0.396. The maximum absolute atomic E-state index is 11.4. The Labute approximate surface area is 122 Å². The van der Waals surface area contributed by atoms with Gasteiger partial charge in [0.05, 0.1) is 12.1 Å². The van der Waals surface area contributed by atoms with Crippen molar-refractivity contribution in [2.75, 3.05) is 5.73 Å². The molecule has 0 saturated heterocycles. The molecule has 0 unspecified atom stereocenters. The molecule has 0 aliphatic carbocycles. The Hall–Kier alpha value is -2.88. The third kappa shape index (κ3) is 2.56. The first-order valence-corrected chi connectivity index (χ1v) is 6.70. The molecule has 104 valence electrons. The van der Waals surface area contributed by atoms with Gasteiger partial charge in [0.2, 0.25) is 0 Å². The van der Waals surface area contributed by atoms with Crippen LogP contribution in [0.3, 0.4) is 0 Å². The van der Waals surface area contributed by atoms with E-state index in [1.165, 1.54) is 0 Å². The molecule has 1 heterocycles. The normalized spacial score (nSPS) is 10.5. The van der Waals surface area contributed by atoms with E-state index in [0.29, 0.717) is 23.6 Å². The molecule has 0 aliphatic heterocycles. The Balaban J connectivity index is 2.04. The van der Waals surface area contributed by atoms with Crippen LogP contribution >= 0.6 is 0 Å². The molecule has 3 aromatic rings. The number of anilines is 1. The van der Waals surface area contributed by atoms with Gasteiger partial charge in [0.25, 0.3) is 0 Å². The Morgan fingerprint density at radius 1 is 1.00 bits per heavy atom. The molecular weight excluding hydrogens is 262 g/mol. The number of nitrogen functional groups attached to an aromatic ring is 1. The molecule has 0 bridgehead atoms. The van der Waals surface area contributed by atoms with Gasteiger partial charge in [-0.3, -0.25) is 4.79 Å². The lowest BCUT2D eigenvalue weighted by atomic mass is 10.1. The number of hydrogen-bond donors (Lipinski definition) is 1. The van der Waals surface area contributed by atoms with E-state index in [1.807, 2.05) is 60.7 Å². The molecule has 0 aliphatic rings. The summed E-state index contributed by atoms with van der Waals surface area (Å²) in [7, 11) is 0. The van der Waals surface area contributed by atoms with Crippen molar-refractivity contribution in [2.24, 2.45) is 0 Å². The molecule has 1 aromatic heterocycles. The highest BCUT2D eigenvalue weighted by atomic mass is 16.1. The smallest absolute Gasteiger partial charge is 0.156 e. The Kier molecular flexibility index (Phi) is 3.51. The van der Waals surface area contributed by atoms with E-state index in [9.17, 15) is 4.79 Å². The van der Waals surface area contributed by atoms with Crippen LogP contribution in [0.2, 0.25) is 0 Å². The molecule has 4 heteroatoms. The lowest BCUT2D eigenvalue weighted by Crippen LogP contribution is -2.06. The summed E-state index contributed by atoms with van der Waals surface area (Å²) in [5, 5.41) is 4.51. The number of benzene rings is 2. The maximum atomic E-state index is 11.4. The highest BCUT2D eigenvalue weighted by molar-refractivity contribution is 5.91. The average molecular weight is 277 g/mol. The molecule has 0 spiro atoms. The highest BCUT2D eigenvalue weighted by Gasteiger charge is 2.16. The number of aldehydes is 1. The van der Waals surface area contributed by atoms with Crippen molar-refractivity contribution in [1.29, 1.82) is 0 Å². The number of aromatic nitrogens is 2. The predicted octanol–water partition coefficient (Wildman–Crippen LogP) is 2.99. The zero-order valence-electron chi connectivity index (χ0n) is 11.4. The second kappa shape index (κ2) is 5.63. The van der Waals surface area contributed by atoms with Gasteiger partial charge < -0.3 is 5.73 Å². The van der Waals surface area contributed by atoms with E-state index in [4.69, 9.17) is 5.73 Å². The Bertz CT molecular complexity index is 748. The number of nitrogens with two attached hydrogens (primary N) is 1. The molecule has 2 aromatic carbocycles. The van der Waals surface area contributed by atoms with E-state index in [-0.39, 0.29) is 0 Å². The molecule has 0 radical (unpaired) electrons. The lowest BCUT2D eigenvalue weighted by Gasteiger charge is -2.03. The van der Waals surface area contributed by atoms with E-state index in [2.05, 4.69) is 5.10 Å². The maximum Gasteiger partial charge on any atom is 0.156 e. The van der Waals surface area contributed by atoms with Gasteiger partial charge in [-0.1, -0.05) is 60.7 Å². The molecule has 3 rings (SSSR count). The van der Waals surface area contributed by atoms with Crippen LogP contribution in [-0.2, 0) is 6.54 Å². The van der Waals surface area contributed by atoms with Gasteiger partial charge in [-0.25, -0.2) is 4.68 Å². The van der Waals surface area contributed by atoms with Gasteiger partial charge in [-0.15, -0.1) is 0 Å². The van der Waals surface area contributed by atoms with Crippen LogP contribution < -0.4 is 5.73 Å². The number of rotatable bonds is 4. The minimum Gasteiger partial charge on any atom is -0.383 e. The van der Waals surface area contributed by atoms with E-state index in [0.717, 1.165) is 17.4 Å². The molecule has 0 amide bonds. The fourth-order valence-corrected chi connectivity index (χ4v) is 2.29. The standard InChI is InChI=1S/C17H15N3O/c18-17-15(12-21)16(14-9-5-2-6-10-14)19-20(17)11-13-7-3-1-4-8-13/h1-10,12H,11,18H2. The molecule has 2 N–H and O–H groups in total. The van der Waals surface area contributed by atoms with Crippen molar-refractivity contribution in [3.63, 3.8) is 0 Å². The fourth-order valence-electron chi connectivity index (χ4n) is 2.29. The van der Waals surface area contributed by atoms with Crippen molar-refractivity contribution in [3.05, 3.63) is 71.8 Å². The van der Waals surface area contributed by atoms with Gasteiger partial charge in [0.15, 0.2) is 6.29 Å². The third-order valence-electron chi connectivity index (χ3n) is 3.37. The quantitative estimate of drug-likeness (QED) is 0.746. The number of hydrogen-bond acceptors (Lipinski definition) is 3. The molecule has 0 saturated carbocycles. The number of carbonyl (C=O) groups excluding carboxylic acids is 1. The van der Waals surface area contributed by atoms with E-state index < -0.39 is 0 Å². The molecule has 0 atom stereocenters. The summed E-state index contributed by atoms with van der Waals surface area (Å²) in [4.78, 5) is 11.4. The minimum absolute atomic E-state index is 0.396. The van der Waals surface area contributed by atoms with Gasteiger partial charge >= 0.3 is 0 Å². The second-order valence-electron chi connectivity index (χ2n) is 4.77. The van der Waals surface area contributed by atoms with Crippen LogP contribution in [0.1, 0.15) is 15.9 Å². The predicted molar refractivity (Wildman–Crippen MR) is 83.0 cm³/mol. The highest BCUT2D eigenvalue weighted by Crippen LogP contribution is 2.26. The average Bonchev–Trinajstić information content (AvgIpc) is 2.85. The third-order valence-corrected chi connectivity index (χ3v) is 3.37. The van der Waals surface area contributed by atoms with Crippen LogP contribution in [0.4, 0.5) is 5.82 Å². The van der Waals surface area contributed by atoms with Crippen LogP contribution in [0.15, 0.2) is 60.7 Å². The zero-order valence-corrected chi connectivity index (χ0v) is 11.4. The Morgan fingerprint density at radius 2 is 1.62 bits per heavy atom. The van der Waals surface area contributed by atoms with Crippen LogP contribution in [-0.4, -0.2) is 16.1 Å². The number of nitrogens with zero attached hydrogens (tertiary/aromatic N) is 2. The molecule has 0 fully saturated rings. The summed E-state index contributed by atoms with van der Waals surface area (Å²) >= 11 is 0. The first-order chi connectivity index (χ1) is 10.3. The first kappa shape index (κ1) is 13.1.